The highest BCUT2D eigenvalue weighted by Gasteiger charge is 2.56. The second kappa shape index (κ2) is 12.4. The minimum absolute atomic E-state index is 0.0930. The topological polar surface area (TPSA) is 124 Å². The van der Waals surface area contributed by atoms with Crippen LogP contribution >= 0.6 is 0 Å². The molecular weight excluding hydrogens is 536 g/mol. The van der Waals surface area contributed by atoms with Crippen LogP contribution in [0.2, 0.25) is 0 Å². The Bertz CT molecular complexity index is 1240. The molecule has 0 radical (unpaired) electrons. The Morgan fingerprint density at radius 1 is 1.10 bits per heavy atom. The Labute approximate surface area is 235 Å². The fourth-order valence-electron chi connectivity index (χ4n) is 6.10. The molecule has 2 saturated heterocycles. The number of nitrogens with zero attached hydrogens (tertiary/aromatic N) is 1. The van der Waals surface area contributed by atoms with E-state index in [-0.39, 0.29) is 48.1 Å². The van der Waals surface area contributed by atoms with Crippen LogP contribution < -0.4 is 10.1 Å². The van der Waals surface area contributed by atoms with E-state index in [1.54, 1.807) is 12.1 Å². The average Bonchev–Trinajstić information content (AvgIpc) is 3.49. The van der Waals surface area contributed by atoms with E-state index in [9.17, 15) is 18.3 Å². The fourth-order valence-corrected chi connectivity index (χ4v) is 7.65. The molecule has 0 aromatic heterocycles. The normalized spacial score (nSPS) is 26.9. The molecule has 1 aliphatic carbocycles. The highest BCUT2D eigenvalue weighted by atomic mass is 32.2. The van der Waals surface area contributed by atoms with Crippen LogP contribution in [0.25, 0.3) is 0 Å². The molecule has 7 atom stereocenters. The van der Waals surface area contributed by atoms with Crippen LogP contribution in [0, 0.1) is 17.8 Å². The van der Waals surface area contributed by atoms with Crippen LogP contribution in [0.5, 0.6) is 5.75 Å². The van der Waals surface area contributed by atoms with Crippen molar-refractivity contribution in [2.24, 2.45) is 17.8 Å². The van der Waals surface area contributed by atoms with Gasteiger partial charge in [0, 0.05) is 30.8 Å². The fraction of sp³-hybridized carbons (Fsp3) is 0.552. The summed E-state index contributed by atoms with van der Waals surface area (Å²) in [5.74, 6) is 0.987. The first-order valence-corrected chi connectivity index (χ1v) is 15.3. The van der Waals surface area contributed by atoms with E-state index in [1.165, 1.54) is 23.5 Å². The molecule has 0 spiro atoms. The first kappa shape index (κ1) is 28.8. The van der Waals surface area contributed by atoms with E-state index in [0.717, 1.165) is 12.0 Å². The first-order valence-electron chi connectivity index (χ1n) is 13.9. The van der Waals surface area contributed by atoms with E-state index in [4.69, 9.17) is 18.9 Å². The third kappa shape index (κ3) is 6.13. The van der Waals surface area contributed by atoms with Gasteiger partial charge in [-0.05, 0) is 49.1 Å². The molecular formula is C29H38N2O8S. The van der Waals surface area contributed by atoms with E-state index < -0.39 is 28.3 Å². The molecule has 218 valence electrons. The Balaban J connectivity index is 1.31. The lowest BCUT2D eigenvalue weighted by Crippen LogP contribution is -2.51. The van der Waals surface area contributed by atoms with Gasteiger partial charge in [0.1, 0.15) is 11.9 Å². The summed E-state index contributed by atoms with van der Waals surface area (Å²) in [6.07, 6.45) is -0.620. The number of aliphatic hydroxyl groups is 1. The monoisotopic (exact) mass is 574 g/mol. The van der Waals surface area contributed by atoms with Crippen molar-refractivity contribution in [1.82, 2.24) is 9.62 Å². The van der Waals surface area contributed by atoms with Crippen molar-refractivity contribution >= 4 is 16.1 Å². The summed E-state index contributed by atoms with van der Waals surface area (Å²) in [5, 5.41) is 14.2. The minimum atomic E-state index is -3.91. The van der Waals surface area contributed by atoms with Gasteiger partial charge in [-0.25, -0.2) is 13.2 Å². The number of hydrogen-bond donors (Lipinski definition) is 2. The number of methoxy groups -OCH3 is 1. The number of amides is 1. The number of sulfonamides is 1. The maximum Gasteiger partial charge on any atom is 0.407 e. The summed E-state index contributed by atoms with van der Waals surface area (Å²) in [7, 11) is -2.39. The van der Waals surface area contributed by atoms with Gasteiger partial charge in [0.05, 0.1) is 37.4 Å². The molecule has 2 bridgehead atoms. The lowest BCUT2D eigenvalue weighted by molar-refractivity contribution is -0.169. The van der Waals surface area contributed by atoms with Gasteiger partial charge in [-0.3, -0.25) is 0 Å². The Morgan fingerprint density at radius 3 is 2.52 bits per heavy atom. The van der Waals surface area contributed by atoms with Crippen molar-refractivity contribution < 1.29 is 37.3 Å². The third-order valence-corrected chi connectivity index (χ3v) is 10.0. The highest BCUT2D eigenvalue weighted by Crippen LogP contribution is 2.49. The molecule has 2 N–H and O–H groups in total. The minimum Gasteiger partial charge on any atom is -0.497 e. The van der Waals surface area contributed by atoms with Crippen molar-refractivity contribution in [2.45, 2.75) is 55.6 Å². The number of carbonyl (C=O) groups excluding carboxylic acids is 1. The van der Waals surface area contributed by atoms with E-state index in [2.05, 4.69) is 5.32 Å². The largest absolute Gasteiger partial charge is 0.497 e. The van der Waals surface area contributed by atoms with Gasteiger partial charge in [0.15, 0.2) is 6.29 Å². The number of benzene rings is 2. The number of nitrogens with one attached hydrogen (secondary N) is 1. The zero-order valence-electron chi connectivity index (χ0n) is 22.8. The summed E-state index contributed by atoms with van der Waals surface area (Å²) < 4.78 is 50.8. The van der Waals surface area contributed by atoms with Crippen LogP contribution in [0.3, 0.4) is 0 Å². The number of hydrogen-bond acceptors (Lipinski definition) is 8. The molecule has 3 aliphatic rings. The van der Waals surface area contributed by atoms with Gasteiger partial charge in [0.2, 0.25) is 10.0 Å². The van der Waals surface area contributed by atoms with Gasteiger partial charge >= 0.3 is 6.09 Å². The average molecular weight is 575 g/mol. The third-order valence-electron chi connectivity index (χ3n) is 8.16. The maximum absolute atomic E-state index is 13.5. The number of fused-ring (bicyclic) bond motifs is 1. The summed E-state index contributed by atoms with van der Waals surface area (Å²) in [4.78, 5) is 13.3. The van der Waals surface area contributed by atoms with Gasteiger partial charge in [0.25, 0.3) is 0 Å². The summed E-state index contributed by atoms with van der Waals surface area (Å²) in [5.41, 5.74) is 0.893. The van der Waals surface area contributed by atoms with E-state index in [0.29, 0.717) is 31.8 Å². The standard InChI is InChI=1S/C29H38N2O8S/c1-3-13-31(40(34,35)22-11-9-21(36-2)10-12-22)16-26(32)25(14-19-7-5-4-6-8-19)30-29(33)39-27-20-15-23-24(27)18-38-28(23)37-17-20/h4-12,20,23-28,32H,3,13-18H2,1-2H3,(H,30,33). The smallest absolute Gasteiger partial charge is 0.407 e. The molecule has 40 heavy (non-hydrogen) atoms. The number of ether oxygens (including phenoxy) is 4. The predicted octanol–water partition coefficient (Wildman–Crippen LogP) is 2.80. The van der Waals surface area contributed by atoms with Crippen molar-refractivity contribution in [3.05, 3.63) is 60.2 Å². The van der Waals surface area contributed by atoms with Gasteiger partial charge in [-0.15, -0.1) is 0 Å². The molecule has 2 aliphatic heterocycles. The Kier molecular flexibility index (Phi) is 8.96. The molecule has 1 saturated carbocycles. The number of aliphatic hydroxyl groups excluding tert-OH is 1. The molecule has 2 heterocycles. The Hall–Kier alpha value is -2.70. The second-order valence-corrected chi connectivity index (χ2v) is 12.7. The molecule has 3 fully saturated rings. The summed E-state index contributed by atoms with van der Waals surface area (Å²) in [6.45, 7) is 2.87. The van der Waals surface area contributed by atoms with E-state index >= 15 is 0 Å². The zero-order valence-corrected chi connectivity index (χ0v) is 23.7. The van der Waals surface area contributed by atoms with Crippen LogP contribution in [-0.4, -0.2) is 81.9 Å². The molecule has 1 amide bonds. The molecule has 7 unspecified atom stereocenters. The highest BCUT2D eigenvalue weighted by molar-refractivity contribution is 7.89. The quantitative estimate of drug-likeness (QED) is 0.397. The van der Waals surface area contributed by atoms with E-state index in [1.807, 2.05) is 37.3 Å². The van der Waals surface area contributed by atoms with Crippen LogP contribution in [-0.2, 0) is 30.7 Å². The molecule has 2 aromatic rings. The number of rotatable bonds is 12. The van der Waals surface area contributed by atoms with Gasteiger partial charge in [-0.1, -0.05) is 37.3 Å². The van der Waals surface area contributed by atoms with Crippen LogP contribution in [0.4, 0.5) is 4.79 Å². The van der Waals surface area contributed by atoms with Gasteiger partial charge in [-0.2, -0.15) is 4.31 Å². The lowest BCUT2D eigenvalue weighted by atomic mass is 9.98. The predicted molar refractivity (Wildman–Crippen MR) is 146 cm³/mol. The lowest BCUT2D eigenvalue weighted by Gasteiger charge is -2.31. The second-order valence-electron chi connectivity index (χ2n) is 10.8. The van der Waals surface area contributed by atoms with Crippen molar-refractivity contribution in [3.63, 3.8) is 0 Å². The van der Waals surface area contributed by atoms with Crippen LogP contribution in [0.15, 0.2) is 59.5 Å². The first-order chi connectivity index (χ1) is 19.3. The number of alkyl carbamates (subject to hydrolysis) is 1. The molecule has 10 nitrogen and oxygen atoms in total. The van der Waals surface area contributed by atoms with Gasteiger partial charge < -0.3 is 29.4 Å². The molecule has 5 rings (SSSR count). The summed E-state index contributed by atoms with van der Waals surface area (Å²) in [6, 6.07) is 14.8. The van der Waals surface area contributed by atoms with Crippen molar-refractivity contribution in [3.8, 4) is 5.75 Å². The molecule has 2 aromatic carbocycles. The Morgan fingerprint density at radius 2 is 1.82 bits per heavy atom. The maximum atomic E-state index is 13.5. The SMILES string of the molecule is CCCN(CC(O)C(Cc1ccccc1)NC(=O)OC1C2COC3OCC1C3C2)S(=O)(=O)c1ccc(OC)cc1. The summed E-state index contributed by atoms with van der Waals surface area (Å²) >= 11 is 0. The van der Waals surface area contributed by atoms with Crippen molar-refractivity contribution in [1.29, 1.82) is 0 Å². The number of carbonyl (C=O) groups is 1. The zero-order chi connectivity index (χ0) is 28.3. The molecule has 11 heteroatoms. The van der Waals surface area contributed by atoms with Crippen LogP contribution in [0.1, 0.15) is 25.3 Å². The van der Waals surface area contributed by atoms with Crippen molar-refractivity contribution in [2.75, 3.05) is 33.4 Å².